The van der Waals surface area contributed by atoms with Crippen LogP contribution >= 0.6 is 0 Å². The van der Waals surface area contributed by atoms with Crippen molar-refractivity contribution in [2.75, 3.05) is 20.8 Å². The number of methoxy groups -OCH3 is 2. The Morgan fingerprint density at radius 1 is 1.32 bits per heavy atom. The minimum Gasteiger partial charge on any atom is -0.497 e. The van der Waals surface area contributed by atoms with Crippen molar-refractivity contribution in [1.82, 2.24) is 5.32 Å². The van der Waals surface area contributed by atoms with Crippen LogP contribution < -0.4 is 14.8 Å². The quantitative estimate of drug-likeness (QED) is 0.576. The Hall–Kier alpha value is -1.66. The van der Waals surface area contributed by atoms with Crippen molar-refractivity contribution in [3.05, 3.63) is 23.8 Å². The summed E-state index contributed by atoms with van der Waals surface area (Å²) in [5.41, 5.74) is 1.15. The average molecular weight is 261 g/mol. The smallest absolute Gasteiger partial charge is 0.127 e. The second kappa shape index (κ2) is 8.44. The molecule has 1 N–H and O–H groups in total. The fourth-order valence-corrected chi connectivity index (χ4v) is 2.13. The largest absolute Gasteiger partial charge is 0.497 e. The molecule has 1 rings (SSSR count). The van der Waals surface area contributed by atoms with Crippen molar-refractivity contribution < 1.29 is 9.47 Å². The second-order valence-corrected chi connectivity index (χ2v) is 4.31. The van der Waals surface area contributed by atoms with E-state index in [0.29, 0.717) is 0 Å². The van der Waals surface area contributed by atoms with Gasteiger partial charge in [-0.2, -0.15) is 0 Å². The van der Waals surface area contributed by atoms with Gasteiger partial charge in [-0.1, -0.05) is 13.0 Å². The lowest BCUT2D eigenvalue weighted by molar-refractivity contribution is 0.381. The molecule has 3 heteroatoms. The zero-order valence-corrected chi connectivity index (χ0v) is 12.0. The summed E-state index contributed by atoms with van der Waals surface area (Å²) in [6.45, 7) is 3.01. The molecule has 104 valence electrons. The maximum atomic E-state index is 5.46. The van der Waals surface area contributed by atoms with Gasteiger partial charge < -0.3 is 14.8 Å². The summed E-state index contributed by atoms with van der Waals surface area (Å²) in [4.78, 5) is 0. The van der Waals surface area contributed by atoms with Gasteiger partial charge in [0.25, 0.3) is 0 Å². The van der Waals surface area contributed by atoms with Crippen molar-refractivity contribution >= 4 is 0 Å². The van der Waals surface area contributed by atoms with Crippen LogP contribution in [0.2, 0.25) is 0 Å². The molecule has 1 aromatic carbocycles. The standard InChI is InChI=1S/C16H23NO2/c1-5-7-8-9-15(17-6-2)14-11-10-13(18-3)12-16(14)19-4/h1,10-12,15,17H,6-9H2,2-4H3. The van der Waals surface area contributed by atoms with Gasteiger partial charge in [-0.05, 0) is 25.5 Å². The SMILES string of the molecule is C#CCCCC(NCC)c1ccc(OC)cc1OC. The van der Waals surface area contributed by atoms with E-state index in [1.54, 1.807) is 14.2 Å². The number of rotatable bonds is 8. The summed E-state index contributed by atoms with van der Waals surface area (Å²) in [7, 11) is 3.34. The van der Waals surface area contributed by atoms with Crippen LogP contribution in [-0.4, -0.2) is 20.8 Å². The van der Waals surface area contributed by atoms with E-state index in [1.165, 1.54) is 0 Å². The fourth-order valence-electron chi connectivity index (χ4n) is 2.13. The third-order valence-electron chi connectivity index (χ3n) is 3.08. The Bertz CT molecular complexity index is 423. The predicted molar refractivity (Wildman–Crippen MR) is 78.6 cm³/mol. The molecule has 1 unspecified atom stereocenters. The number of hydrogen-bond acceptors (Lipinski definition) is 3. The summed E-state index contributed by atoms with van der Waals surface area (Å²) in [5.74, 6) is 4.34. The molecule has 0 heterocycles. The molecule has 0 bridgehead atoms. The number of ether oxygens (including phenoxy) is 2. The van der Waals surface area contributed by atoms with Crippen molar-refractivity contribution in [1.29, 1.82) is 0 Å². The molecule has 0 saturated heterocycles. The number of benzene rings is 1. The highest BCUT2D eigenvalue weighted by molar-refractivity contribution is 5.42. The lowest BCUT2D eigenvalue weighted by Gasteiger charge is -2.21. The van der Waals surface area contributed by atoms with E-state index in [-0.39, 0.29) is 6.04 Å². The number of unbranched alkanes of at least 4 members (excludes halogenated alkanes) is 1. The molecule has 0 fully saturated rings. The van der Waals surface area contributed by atoms with Gasteiger partial charge in [-0.15, -0.1) is 12.3 Å². The molecule has 19 heavy (non-hydrogen) atoms. The third kappa shape index (κ3) is 4.50. The van der Waals surface area contributed by atoms with Crippen LogP contribution in [-0.2, 0) is 0 Å². The summed E-state index contributed by atoms with van der Waals surface area (Å²) in [5, 5.41) is 3.48. The molecule has 0 amide bonds. The summed E-state index contributed by atoms with van der Waals surface area (Å²) >= 11 is 0. The van der Waals surface area contributed by atoms with Crippen molar-refractivity contribution in [3.63, 3.8) is 0 Å². The monoisotopic (exact) mass is 261 g/mol. The molecule has 0 radical (unpaired) electrons. The van der Waals surface area contributed by atoms with Crippen LogP contribution in [0.15, 0.2) is 18.2 Å². The first-order valence-electron chi connectivity index (χ1n) is 6.65. The zero-order valence-electron chi connectivity index (χ0n) is 12.0. The van der Waals surface area contributed by atoms with E-state index in [2.05, 4.69) is 24.2 Å². The Balaban J connectivity index is 2.90. The first-order valence-corrected chi connectivity index (χ1v) is 6.65. The molecule has 0 aliphatic heterocycles. The number of hydrogen-bond donors (Lipinski definition) is 1. The normalized spacial score (nSPS) is 11.7. The summed E-state index contributed by atoms with van der Waals surface area (Å²) < 4.78 is 10.7. The highest BCUT2D eigenvalue weighted by Gasteiger charge is 2.15. The van der Waals surface area contributed by atoms with Crippen LogP contribution in [0.5, 0.6) is 11.5 Å². The number of nitrogens with one attached hydrogen (secondary N) is 1. The molecule has 0 spiro atoms. The molecular formula is C16H23NO2. The maximum absolute atomic E-state index is 5.46. The van der Waals surface area contributed by atoms with Crippen LogP contribution in [0.3, 0.4) is 0 Å². The second-order valence-electron chi connectivity index (χ2n) is 4.31. The Morgan fingerprint density at radius 2 is 2.11 bits per heavy atom. The predicted octanol–water partition coefficient (Wildman–Crippen LogP) is 3.16. The third-order valence-corrected chi connectivity index (χ3v) is 3.08. The maximum Gasteiger partial charge on any atom is 0.127 e. The van der Waals surface area contributed by atoms with Crippen LogP contribution in [0.1, 0.15) is 37.8 Å². The first kappa shape index (κ1) is 15.4. The molecule has 3 nitrogen and oxygen atoms in total. The van der Waals surface area contributed by atoms with E-state index < -0.39 is 0 Å². The van der Waals surface area contributed by atoms with Gasteiger partial charge >= 0.3 is 0 Å². The average Bonchev–Trinajstić information content (AvgIpc) is 2.46. The van der Waals surface area contributed by atoms with Crippen LogP contribution in [0, 0.1) is 12.3 Å². The van der Waals surface area contributed by atoms with Crippen LogP contribution in [0.4, 0.5) is 0 Å². The topological polar surface area (TPSA) is 30.5 Å². The highest BCUT2D eigenvalue weighted by atomic mass is 16.5. The van der Waals surface area contributed by atoms with Gasteiger partial charge in [0.2, 0.25) is 0 Å². The van der Waals surface area contributed by atoms with E-state index in [0.717, 1.165) is 42.9 Å². The highest BCUT2D eigenvalue weighted by Crippen LogP contribution is 2.31. The molecule has 1 atom stereocenters. The molecule has 0 aromatic heterocycles. The molecule has 0 aliphatic rings. The van der Waals surface area contributed by atoms with Crippen molar-refractivity contribution in [3.8, 4) is 23.8 Å². The minimum absolute atomic E-state index is 0.263. The molecule has 1 aromatic rings. The van der Waals surface area contributed by atoms with Gasteiger partial charge in [0.1, 0.15) is 11.5 Å². The molecule has 0 saturated carbocycles. The molecular weight excluding hydrogens is 238 g/mol. The summed E-state index contributed by atoms with van der Waals surface area (Å²) in [6, 6.07) is 6.20. The van der Waals surface area contributed by atoms with E-state index >= 15 is 0 Å². The van der Waals surface area contributed by atoms with E-state index in [9.17, 15) is 0 Å². The minimum atomic E-state index is 0.263. The van der Waals surface area contributed by atoms with Gasteiger partial charge in [0, 0.05) is 24.1 Å². The Kier molecular flexibility index (Phi) is 6.84. The fraction of sp³-hybridized carbons (Fsp3) is 0.500. The van der Waals surface area contributed by atoms with Gasteiger partial charge in [0.05, 0.1) is 14.2 Å². The lowest BCUT2D eigenvalue weighted by Crippen LogP contribution is -2.21. The number of terminal acetylenes is 1. The Labute approximate surface area is 116 Å². The van der Waals surface area contributed by atoms with Crippen LogP contribution in [0.25, 0.3) is 0 Å². The molecule has 0 aliphatic carbocycles. The van der Waals surface area contributed by atoms with E-state index in [4.69, 9.17) is 15.9 Å². The zero-order chi connectivity index (χ0) is 14.1. The Morgan fingerprint density at radius 3 is 2.68 bits per heavy atom. The van der Waals surface area contributed by atoms with E-state index in [1.807, 2.05) is 12.1 Å². The van der Waals surface area contributed by atoms with Gasteiger partial charge in [-0.3, -0.25) is 0 Å². The first-order chi connectivity index (χ1) is 9.26. The van der Waals surface area contributed by atoms with Gasteiger partial charge in [0.15, 0.2) is 0 Å². The van der Waals surface area contributed by atoms with Crippen molar-refractivity contribution in [2.45, 2.75) is 32.2 Å². The lowest BCUT2D eigenvalue weighted by atomic mass is 9.99. The van der Waals surface area contributed by atoms with Gasteiger partial charge in [-0.25, -0.2) is 0 Å². The summed E-state index contributed by atoms with van der Waals surface area (Å²) in [6.07, 6.45) is 8.12. The van der Waals surface area contributed by atoms with Crippen molar-refractivity contribution in [2.24, 2.45) is 0 Å².